The number of rotatable bonds is 7. The highest BCUT2D eigenvalue weighted by Crippen LogP contribution is 2.55. The monoisotopic (exact) mass is 288 g/mol. The van der Waals surface area contributed by atoms with E-state index in [-0.39, 0.29) is 13.2 Å². The molecule has 0 saturated heterocycles. The van der Waals surface area contributed by atoms with Gasteiger partial charge >= 0.3 is 7.60 Å². The van der Waals surface area contributed by atoms with Crippen LogP contribution in [-0.2, 0) is 13.6 Å². The van der Waals surface area contributed by atoms with Gasteiger partial charge in [0.05, 0.1) is 13.2 Å². The first-order valence-corrected chi connectivity index (χ1v) is 7.87. The van der Waals surface area contributed by atoms with Crippen molar-refractivity contribution in [2.45, 2.75) is 32.7 Å². The molecule has 108 valence electrons. The van der Waals surface area contributed by atoms with E-state index in [1.54, 1.807) is 32.0 Å². The van der Waals surface area contributed by atoms with Crippen LogP contribution in [0.15, 0.2) is 24.3 Å². The van der Waals surface area contributed by atoms with Crippen LogP contribution in [0.5, 0.6) is 0 Å². The molecule has 2 atom stereocenters. The number of benzene rings is 1. The second-order valence-electron chi connectivity index (χ2n) is 4.15. The van der Waals surface area contributed by atoms with Crippen molar-refractivity contribution in [2.24, 2.45) is 0 Å². The molecule has 0 saturated carbocycles. The van der Waals surface area contributed by atoms with Crippen molar-refractivity contribution >= 4 is 7.60 Å². The number of aliphatic hydroxyl groups is 2. The average molecular weight is 288 g/mol. The standard InChI is InChI=1S/C13H21O5P/c1-4-17-19(16,18-5-2)13(15)12(14)11-8-6-7-10(3)9-11/h6-9,12-15H,4-5H2,1-3H3/t12-,13+/m1/s1. The Kier molecular flexibility index (Phi) is 6.17. The number of hydrogen-bond donors (Lipinski definition) is 2. The van der Waals surface area contributed by atoms with Gasteiger partial charge in [-0.05, 0) is 26.3 Å². The molecular formula is C13H21O5P. The maximum Gasteiger partial charge on any atom is 0.361 e. The molecular weight excluding hydrogens is 267 g/mol. The minimum atomic E-state index is -3.74. The SMILES string of the molecule is CCOP(=O)(OCC)[C@H](O)[C@H](O)c1cccc(C)c1. The quantitative estimate of drug-likeness (QED) is 0.754. The summed E-state index contributed by atoms with van der Waals surface area (Å²) in [7, 11) is -3.74. The molecule has 5 nitrogen and oxygen atoms in total. The van der Waals surface area contributed by atoms with E-state index in [9.17, 15) is 14.8 Å². The van der Waals surface area contributed by atoms with Gasteiger partial charge in [-0.2, -0.15) is 0 Å². The van der Waals surface area contributed by atoms with Crippen molar-refractivity contribution in [1.82, 2.24) is 0 Å². The van der Waals surface area contributed by atoms with Crippen molar-refractivity contribution in [3.63, 3.8) is 0 Å². The van der Waals surface area contributed by atoms with E-state index in [1.807, 2.05) is 13.0 Å². The van der Waals surface area contributed by atoms with E-state index < -0.39 is 19.5 Å². The summed E-state index contributed by atoms with van der Waals surface area (Å²) in [5.74, 6) is -1.60. The molecule has 1 rings (SSSR count). The fourth-order valence-electron chi connectivity index (χ4n) is 1.75. The lowest BCUT2D eigenvalue weighted by Crippen LogP contribution is -2.21. The fourth-order valence-corrected chi connectivity index (χ4v) is 3.37. The molecule has 0 fully saturated rings. The van der Waals surface area contributed by atoms with Crippen LogP contribution in [0, 0.1) is 6.92 Å². The van der Waals surface area contributed by atoms with E-state index in [0.29, 0.717) is 5.56 Å². The van der Waals surface area contributed by atoms with Gasteiger partial charge in [-0.15, -0.1) is 0 Å². The third kappa shape index (κ3) is 4.13. The van der Waals surface area contributed by atoms with Crippen molar-refractivity contribution in [3.8, 4) is 0 Å². The van der Waals surface area contributed by atoms with Gasteiger partial charge in [0.25, 0.3) is 0 Å². The van der Waals surface area contributed by atoms with E-state index in [0.717, 1.165) is 5.56 Å². The van der Waals surface area contributed by atoms with Crippen LogP contribution in [0.25, 0.3) is 0 Å². The van der Waals surface area contributed by atoms with Crippen molar-refractivity contribution in [3.05, 3.63) is 35.4 Å². The summed E-state index contributed by atoms with van der Waals surface area (Å²) in [6, 6.07) is 7.00. The lowest BCUT2D eigenvalue weighted by molar-refractivity contribution is 0.0400. The van der Waals surface area contributed by atoms with Gasteiger partial charge in [-0.1, -0.05) is 29.8 Å². The Morgan fingerprint density at radius 2 is 1.79 bits per heavy atom. The topological polar surface area (TPSA) is 76.0 Å². The molecule has 0 aromatic heterocycles. The summed E-state index contributed by atoms with van der Waals surface area (Å²) < 4.78 is 22.4. The normalized spacial score (nSPS) is 15.2. The van der Waals surface area contributed by atoms with Gasteiger partial charge < -0.3 is 19.3 Å². The zero-order chi connectivity index (χ0) is 14.5. The minimum absolute atomic E-state index is 0.134. The Labute approximate surface area is 113 Å². The van der Waals surface area contributed by atoms with Crippen LogP contribution in [0.2, 0.25) is 0 Å². The molecule has 0 spiro atoms. The Bertz CT molecular complexity index is 438. The molecule has 0 aliphatic heterocycles. The van der Waals surface area contributed by atoms with Crippen molar-refractivity contribution < 1.29 is 23.8 Å². The first kappa shape index (κ1) is 16.3. The van der Waals surface area contributed by atoms with Crippen LogP contribution in [0.1, 0.15) is 31.1 Å². The molecule has 1 aromatic rings. The molecule has 0 amide bonds. The Morgan fingerprint density at radius 3 is 2.26 bits per heavy atom. The van der Waals surface area contributed by atoms with Crippen molar-refractivity contribution in [2.75, 3.05) is 13.2 Å². The zero-order valence-corrected chi connectivity index (χ0v) is 12.3. The van der Waals surface area contributed by atoms with E-state index >= 15 is 0 Å². The van der Waals surface area contributed by atoms with Crippen LogP contribution in [0.3, 0.4) is 0 Å². The Morgan fingerprint density at radius 1 is 1.21 bits per heavy atom. The lowest BCUT2D eigenvalue weighted by Gasteiger charge is -2.26. The largest absolute Gasteiger partial charge is 0.385 e. The van der Waals surface area contributed by atoms with Gasteiger partial charge in [0.1, 0.15) is 6.10 Å². The van der Waals surface area contributed by atoms with E-state index in [1.165, 1.54) is 0 Å². The van der Waals surface area contributed by atoms with Gasteiger partial charge in [-0.3, -0.25) is 4.57 Å². The summed E-state index contributed by atoms with van der Waals surface area (Å²) in [5, 5.41) is 20.2. The molecule has 0 radical (unpaired) electrons. The first-order chi connectivity index (χ1) is 8.94. The van der Waals surface area contributed by atoms with Crippen LogP contribution in [0.4, 0.5) is 0 Å². The summed E-state index contributed by atoms with van der Waals surface area (Å²) in [4.78, 5) is 0. The molecule has 0 heterocycles. The molecule has 6 heteroatoms. The fraction of sp³-hybridized carbons (Fsp3) is 0.538. The van der Waals surface area contributed by atoms with Gasteiger partial charge in [-0.25, -0.2) is 0 Å². The maximum atomic E-state index is 12.4. The van der Waals surface area contributed by atoms with Crippen LogP contribution in [-0.4, -0.2) is 29.3 Å². The molecule has 19 heavy (non-hydrogen) atoms. The van der Waals surface area contributed by atoms with Crippen LogP contribution < -0.4 is 0 Å². The Balaban J connectivity index is 2.96. The van der Waals surface area contributed by atoms with Gasteiger partial charge in [0.15, 0.2) is 5.85 Å². The predicted molar refractivity (Wildman–Crippen MR) is 73.0 cm³/mol. The summed E-state index contributed by atoms with van der Waals surface area (Å²) in [6.45, 7) is 5.44. The Hall–Kier alpha value is -0.710. The highest BCUT2D eigenvalue weighted by atomic mass is 31.2. The van der Waals surface area contributed by atoms with Gasteiger partial charge in [0, 0.05) is 0 Å². The van der Waals surface area contributed by atoms with Crippen molar-refractivity contribution in [1.29, 1.82) is 0 Å². The summed E-state index contributed by atoms with van der Waals surface area (Å²) in [5.41, 5.74) is 1.42. The molecule has 0 bridgehead atoms. The third-order valence-electron chi connectivity index (χ3n) is 2.61. The second kappa shape index (κ2) is 7.17. The lowest BCUT2D eigenvalue weighted by atomic mass is 10.1. The average Bonchev–Trinajstić information content (AvgIpc) is 2.37. The number of aryl methyl sites for hydroxylation is 1. The second-order valence-corrected chi connectivity index (χ2v) is 6.27. The molecule has 1 aromatic carbocycles. The van der Waals surface area contributed by atoms with Crippen LogP contribution >= 0.6 is 7.60 Å². The third-order valence-corrected chi connectivity index (χ3v) is 4.77. The minimum Gasteiger partial charge on any atom is -0.385 e. The molecule has 0 aliphatic carbocycles. The summed E-state index contributed by atoms with van der Waals surface area (Å²) >= 11 is 0. The highest BCUT2D eigenvalue weighted by Gasteiger charge is 2.39. The van der Waals surface area contributed by atoms with Gasteiger partial charge in [0.2, 0.25) is 0 Å². The number of aliphatic hydroxyl groups excluding tert-OH is 2. The maximum absolute atomic E-state index is 12.4. The number of hydrogen-bond acceptors (Lipinski definition) is 5. The molecule has 0 aliphatic rings. The molecule has 2 N–H and O–H groups in total. The predicted octanol–water partition coefficient (Wildman–Crippen LogP) is 2.61. The van der Waals surface area contributed by atoms with E-state index in [2.05, 4.69) is 0 Å². The highest BCUT2D eigenvalue weighted by molar-refractivity contribution is 7.54. The summed E-state index contributed by atoms with van der Waals surface area (Å²) in [6.07, 6.45) is -1.32. The first-order valence-electron chi connectivity index (χ1n) is 6.26. The van der Waals surface area contributed by atoms with E-state index in [4.69, 9.17) is 9.05 Å². The smallest absolute Gasteiger partial charge is 0.361 e. The molecule has 0 unspecified atom stereocenters. The zero-order valence-electron chi connectivity index (χ0n) is 11.4.